The lowest BCUT2D eigenvalue weighted by atomic mass is 9.81. The quantitative estimate of drug-likeness (QED) is 0.516. The average Bonchev–Trinajstić information content (AvgIpc) is 2.75. The van der Waals surface area contributed by atoms with Gasteiger partial charge in [0.25, 0.3) is 0 Å². The fourth-order valence-electron chi connectivity index (χ4n) is 4.06. The first-order valence-corrected chi connectivity index (χ1v) is 10.5. The molecule has 4 rings (SSSR count). The van der Waals surface area contributed by atoms with Crippen molar-refractivity contribution in [3.63, 3.8) is 0 Å². The molecule has 3 aromatic carbocycles. The summed E-state index contributed by atoms with van der Waals surface area (Å²) in [5, 5.41) is 0. The van der Waals surface area contributed by atoms with Crippen molar-refractivity contribution < 1.29 is 9.47 Å². The Hall–Kier alpha value is -3.04. The van der Waals surface area contributed by atoms with Crippen LogP contribution in [0.4, 0.5) is 0 Å². The fraction of sp³-hybridized carbons (Fsp3) is 0.259. The Morgan fingerprint density at radius 1 is 0.900 bits per heavy atom. The standard InChI is InChI=1S/C27H29NO2/c1-5-29-22-16-14-21(15-17-22)27-24(18-28(3)4)26(20-12-10-19(2)11-13-20)23-8-6-7-9-25(23)30-27/h6-17,26H,5,18H2,1-4H3/t26-/m0/s1. The maximum atomic E-state index is 6.52. The minimum absolute atomic E-state index is 0.152. The number of nitrogens with zero attached hydrogens (tertiary/aromatic N) is 1. The molecule has 0 saturated heterocycles. The van der Waals surface area contributed by atoms with Crippen LogP contribution in [-0.2, 0) is 0 Å². The summed E-state index contributed by atoms with van der Waals surface area (Å²) in [6.45, 7) is 5.60. The van der Waals surface area contributed by atoms with Crippen molar-refractivity contribution in [1.29, 1.82) is 0 Å². The van der Waals surface area contributed by atoms with Crippen LogP contribution in [0.25, 0.3) is 5.76 Å². The third kappa shape index (κ3) is 4.12. The van der Waals surface area contributed by atoms with Crippen LogP contribution in [0.3, 0.4) is 0 Å². The normalized spacial score (nSPS) is 15.7. The van der Waals surface area contributed by atoms with E-state index in [1.54, 1.807) is 0 Å². The van der Waals surface area contributed by atoms with Crippen molar-refractivity contribution >= 4 is 5.76 Å². The highest BCUT2D eigenvalue weighted by Crippen LogP contribution is 2.45. The number of rotatable bonds is 6. The van der Waals surface area contributed by atoms with Crippen LogP contribution < -0.4 is 9.47 Å². The van der Waals surface area contributed by atoms with E-state index in [0.717, 1.165) is 29.4 Å². The van der Waals surface area contributed by atoms with Gasteiger partial charge in [-0.05, 0) is 69.4 Å². The molecule has 0 aliphatic carbocycles. The van der Waals surface area contributed by atoms with E-state index in [-0.39, 0.29) is 5.92 Å². The monoisotopic (exact) mass is 399 g/mol. The van der Waals surface area contributed by atoms with E-state index >= 15 is 0 Å². The summed E-state index contributed by atoms with van der Waals surface area (Å²) in [5.74, 6) is 2.90. The smallest absolute Gasteiger partial charge is 0.136 e. The number of likely N-dealkylation sites (N-methyl/N-ethyl adjacent to an activating group) is 1. The molecule has 0 radical (unpaired) electrons. The molecule has 1 atom stereocenters. The van der Waals surface area contributed by atoms with E-state index in [1.165, 1.54) is 22.3 Å². The van der Waals surface area contributed by atoms with Crippen LogP contribution in [-0.4, -0.2) is 32.1 Å². The lowest BCUT2D eigenvalue weighted by Crippen LogP contribution is -2.25. The van der Waals surface area contributed by atoms with Gasteiger partial charge in [-0.2, -0.15) is 0 Å². The van der Waals surface area contributed by atoms with Gasteiger partial charge in [-0.1, -0.05) is 48.0 Å². The number of benzene rings is 3. The second-order valence-electron chi connectivity index (χ2n) is 8.03. The van der Waals surface area contributed by atoms with Gasteiger partial charge in [0.1, 0.15) is 17.3 Å². The lowest BCUT2D eigenvalue weighted by Gasteiger charge is -2.33. The Morgan fingerprint density at radius 3 is 2.27 bits per heavy atom. The zero-order chi connectivity index (χ0) is 21.1. The van der Waals surface area contributed by atoms with Gasteiger partial charge in [0, 0.05) is 23.6 Å². The molecular formula is C27H29NO2. The topological polar surface area (TPSA) is 21.7 Å². The summed E-state index contributed by atoms with van der Waals surface area (Å²) in [6, 6.07) is 25.5. The first-order chi connectivity index (χ1) is 14.6. The Kier molecular flexibility index (Phi) is 5.91. The Balaban J connectivity index is 1.88. The van der Waals surface area contributed by atoms with Crippen molar-refractivity contribution in [3.8, 4) is 11.5 Å². The predicted molar refractivity (Wildman–Crippen MR) is 123 cm³/mol. The fourth-order valence-corrected chi connectivity index (χ4v) is 4.06. The van der Waals surface area contributed by atoms with Crippen molar-refractivity contribution in [2.75, 3.05) is 27.2 Å². The highest BCUT2D eigenvalue weighted by atomic mass is 16.5. The molecule has 0 saturated carbocycles. The third-order valence-corrected chi connectivity index (χ3v) is 5.41. The largest absolute Gasteiger partial charge is 0.494 e. The van der Waals surface area contributed by atoms with Crippen molar-refractivity contribution in [1.82, 2.24) is 4.90 Å². The molecule has 30 heavy (non-hydrogen) atoms. The molecular weight excluding hydrogens is 370 g/mol. The van der Waals surface area contributed by atoms with Crippen LogP contribution in [0.2, 0.25) is 0 Å². The van der Waals surface area contributed by atoms with Gasteiger partial charge in [-0.3, -0.25) is 0 Å². The van der Waals surface area contributed by atoms with Crippen LogP contribution in [0.15, 0.2) is 78.4 Å². The van der Waals surface area contributed by atoms with Gasteiger partial charge in [-0.25, -0.2) is 0 Å². The second kappa shape index (κ2) is 8.76. The van der Waals surface area contributed by atoms with Gasteiger partial charge >= 0.3 is 0 Å². The SMILES string of the molecule is CCOc1ccc(C2=C(CN(C)C)[C@@H](c3ccc(C)cc3)c3ccccc3O2)cc1. The molecule has 3 heteroatoms. The second-order valence-corrected chi connectivity index (χ2v) is 8.03. The van der Waals surface area contributed by atoms with Gasteiger partial charge in [0.15, 0.2) is 0 Å². The van der Waals surface area contributed by atoms with Crippen molar-refractivity contribution in [2.24, 2.45) is 0 Å². The average molecular weight is 400 g/mol. The number of hydrogen-bond acceptors (Lipinski definition) is 3. The number of aryl methyl sites for hydroxylation is 1. The van der Waals surface area contributed by atoms with Crippen LogP contribution >= 0.6 is 0 Å². The third-order valence-electron chi connectivity index (χ3n) is 5.41. The molecule has 0 aromatic heterocycles. The molecule has 0 amide bonds. The Morgan fingerprint density at radius 2 is 1.60 bits per heavy atom. The van der Waals surface area contributed by atoms with E-state index in [2.05, 4.69) is 80.5 Å². The first-order valence-electron chi connectivity index (χ1n) is 10.5. The minimum Gasteiger partial charge on any atom is -0.494 e. The molecule has 154 valence electrons. The molecule has 3 aromatic rings. The maximum absolute atomic E-state index is 6.52. The summed E-state index contributed by atoms with van der Waals surface area (Å²) in [4.78, 5) is 2.21. The molecule has 0 unspecified atom stereocenters. The van der Waals surface area contributed by atoms with Gasteiger partial charge in [0.2, 0.25) is 0 Å². The minimum atomic E-state index is 0.152. The van der Waals surface area contributed by atoms with E-state index in [1.807, 2.05) is 25.1 Å². The molecule has 3 nitrogen and oxygen atoms in total. The zero-order valence-corrected chi connectivity index (χ0v) is 18.2. The zero-order valence-electron chi connectivity index (χ0n) is 18.2. The molecule has 1 heterocycles. The van der Waals surface area contributed by atoms with E-state index in [0.29, 0.717) is 6.61 Å². The first kappa shape index (κ1) is 20.2. The lowest BCUT2D eigenvalue weighted by molar-refractivity contribution is 0.340. The van der Waals surface area contributed by atoms with Gasteiger partial charge in [-0.15, -0.1) is 0 Å². The summed E-state index contributed by atoms with van der Waals surface area (Å²) in [5.41, 5.74) is 6.11. The highest BCUT2D eigenvalue weighted by molar-refractivity contribution is 5.73. The van der Waals surface area contributed by atoms with E-state index in [9.17, 15) is 0 Å². The molecule has 0 N–H and O–H groups in total. The Bertz CT molecular complexity index is 1030. The van der Waals surface area contributed by atoms with Gasteiger partial charge < -0.3 is 14.4 Å². The molecule has 0 spiro atoms. The molecule has 1 aliphatic heterocycles. The Labute approximate surface area is 179 Å². The predicted octanol–water partition coefficient (Wildman–Crippen LogP) is 5.89. The molecule has 1 aliphatic rings. The van der Waals surface area contributed by atoms with Crippen molar-refractivity contribution in [3.05, 3.63) is 101 Å². The number of fused-ring (bicyclic) bond motifs is 1. The van der Waals surface area contributed by atoms with Crippen LogP contribution in [0, 0.1) is 6.92 Å². The number of hydrogen-bond donors (Lipinski definition) is 0. The maximum Gasteiger partial charge on any atom is 0.136 e. The summed E-state index contributed by atoms with van der Waals surface area (Å²) < 4.78 is 12.2. The summed E-state index contributed by atoms with van der Waals surface area (Å²) in [6.07, 6.45) is 0. The number of ether oxygens (including phenoxy) is 2. The molecule has 0 fully saturated rings. The highest BCUT2D eigenvalue weighted by Gasteiger charge is 2.31. The van der Waals surface area contributed by atoms with Crippen LogP contribution in [0.1, 0.15) is 35.1 Å². The molecule has 0 bridgehead atoms. The van der Waals surface area contributed by atoms with Gasteiger partial charge in [0.05, 0.1) is 6.61 Å². The van der Waals surface area contributed by atoms with Crippen LogP contribution in [0.5, 0.6) is 11.5 Å². The summed E-state index contributed by atoms with van der Waals surface area (Å²) >= 11 is 0. The number of para-hydroxylation sites is 1. The summed E-state index contributed by atoms with van der Waals surface area (Å²) in [7, 11) is 4.21. The van der Waals surface area contributed by atoms with E-state index in [4.69, 9.17) is 9.47 Å². The van der Waals surface area contributed by atoms with E-state index < -0.39 is 0 Å². The van der Waals surface area contributed by atoms with Crippen molar-refractivity contribution in [2.45, 2.75) is 19.8 Å².